The number of aryl methyl sites for hydroxylation is 2. The highest BCUT2D eigenvalue weighted by atomic mass is 19.3. The average molecular weight is 721 g/mol. The van der Waals surface area contributed by atoms with Gasteiger partial charge in [0.25, 0.3) is 6.43 Å². The standard InChI is InChI=1S/C38H50F2N8O4/c1-24(49)45-16-12-32-31(23-45)36(47-13-6-7-26-17-29(27-19-41-43(5)22-27)30(35(39)40)18-33(26)47)42-48(32)28-10-14-44(15-11-28)34(50)9-8-25-20-46(21-25)37(51)52-38(2,3)4/h17-19,22,25,28,35H,6-16,20-21,23H2,1-5H3. The maximum Gasteiger partial charge on any atom is 0.410 e. The number of likely N-dealkylation sites (tertiary alicyclic amines) is 2. The third kappa shape index (κ3) is 7.25. The molecular formula is C38H50F2N8O4. The van der Waals surface area contributed by atoms with Crippen LogP contribution in [0.4, 0.5) is 25.1 Å². The van der Waals surface area contributed by atoms with Crippen molar-refractivity contribution in [1.29, 1.82) is 0 Å². The Balaban J connectivity index is 1.07. The van der Waals surface area contributed by atoms with Crippen LogP contribution in [-0.2, 0) is 40.8 Å². The van der Waals surface area contributed by atoms with Gasteiger partial charge in [-0.1, -0.05) is 0 Å². The number of alkyl halides is 2. The van der Waals surface area contributed by atoms with Gasteiger partial charge in [-0.05, 0) is 82.1 Å². The lowest BCUT2D eigenvalue weighted by molar-refractivity contribution is -0.133. The summed E-state index contributed by atoms with van der Waals surface area (Å²) >= 11 is 0. The maximum absolute atomic E-state index is 14.6. The van der Waals surface area contributed by atoms with Gasteiger partial charge in [-0.2, -0.15) is 10.2 Å². The molecule has 0 atom stereocenters. The molecule has 0 bridgehead atoms. The summed E-state index contributed by atoms with van der Waals surface area (Å²) in [6.45, 7) is 11.3. The van der Waals surface area contributed by atoms with Crippen molar-refractivity contribution >= 4 is 29.4 Å². The predicted octanol–water partition coefficient (Wildman–Crippen LogP) is 6.02. The van der Waals surface area contributed by atoms with Gasteiger partial charge in [0, 0.05) is 100 Å². The Hall–Kier alpha value is -4.49. The lowest BCUT2D eigenvalue weighted by Crippen LogP contribution is -2.51. The lowest BCUT2D eigenvalue weighted by atomic mass is 9.92. The number of piperidine rings is 1. The first-order chi connectivity index (χ1) is 24.8. The summed E-state index contributed by atoms with van der Waals surface area (Å²) in [5, 5.41) is 9.46. The second-order valence-electron chi connectivity index (χ2n) is 15.8. The van der Waals surface area contributed by atoms with Crippen LogP contribution in [0, 0.1) is 5.92 Å². The molecule has 3 aromatic rings. The number of carbonyl (C=O) groups excluding carboxylic acids is 3. The summed E-state index contributed by atoms with van der Waals surface area (Å²) in [7, 11) is 1.77. The number of benzene rings is 1. The summed E-state index contributed by atoms with van der Waals surface area (Å²) in [5.41, 5.74) is 4.39. The van der Waals surface area contributed by atoms with Gasteiger partial charge in [0.1, 0.15) is 5.60 Å². The summed E-state index contributed by atoms with van der Waals surface area (Å²) in [6.07, 6.45) is 5.39. The molecule has 0 aliphatic carbocycles. The van der Waals surface area contributed by atoms with Gasteiger partial charge < -0.3 is 24.3 Å². The average Bonchev–Trinajstić information content (AvgIpc) is 3.69. The number of aromatic nitrogens is 4. The first-order valence-corrected chi connectivity index (χ1v) is 18.6. The molecule has 4 aliphatic rings. The molecule has 4 aliphatic heterocycles. The van der Waals surface area contributed by atoms with Gasteiger partial charge in [-0.3, -0.25) is 19.0 Å². The Kier molecular flexibility index (Phi) is 9.77. The smallest absolute Gasteiger partial charge is 0.410 e. The Labute approximate surface area is 303 Å². The number of halogens is 2. The maximum atomic E-state index is 14.6. The molecule has 6 heterocycles. The van der Waals surface area contributed by atoms with Crippen LogP contribution < -0.4 is 4.90 Å². The highest BCUT2D eigenvalue weighted by molar-refractivity contribution is 5.78. The van der Waals surface area contributed by atoms with Crippen molar-refractivity contribution < 1.29 is 27.9 Å². The highest BCUT2D eigenvalue weighted by Crippen LogP contribution is 2.43. The van der Waals surface area contributed by atoms with E-state index >= 15 is 0 Å². The largest absolute Gasteiger partial charge is 0.444 e. The van der Waals surface area contributed by atoms with Crippen LogP contribution >= 0.6 is 0 Å². The van der Waals surface area contributed by atoms with E-state index in [0.29, 0.717) is 75.7 Å². The SMILES string of the molecule is CC(=O)N1CCc2c(c(N3CCCc4cc(-c5cnn(C)c5)c(C(F)F)cc43)nn2C2CCN(C(=O)CCC3CN(C(=O)OC(C)(C)C)C3)CC2)C1. The normalized spacial score (nSPS) is 18.4. The third-order valence-corrected chi connectivity index (χ3v) is 10.9. The Morgan fingerprint density at radius 3 is 2.40 bits per heavy atom. The molecule has 0 unspecified atom stereocenters. The topological polar surface area (TPSA) is 109 Å². The molecule has 14 heteroatoms. The number of amides is 3. The number of hydrogen-bond acceptors (Lipinski definition) is 7. The number of anilines is 2. The van der Waals surface area contributed by atoms with E-state index < -0.39 is 12.0 Å². The molecule has 12 nitrogen and oxygen atoms in total. The zero-order valence-corrected chi connectivity index (χ0v) is 30.9. The molecule has 52 heavy (non-hydrogen) atoms. The number of ether oxygens (including phenoxy) is 1. The number of fused-ring (bicyclic) bond motifs is 2. The van der Waals surface area contributed by atoms with Crippen molar-refractivity contribution in [2.24, 2.45) is 13.0 Å². The van der Waals surface area contributed by atoms with Crippen molar-refractivity contribution in [3.63, 3.8) is 0 Å². The van der Waals surface area contributed by atoms with Crippen LogP contribution in [0.25, 0.3) is 11.1 Å². The van der Waals surface area contributed by atoms with Gasteiger partial charge in [-0.15, -0.1) is 0 Å². The van der Waals surface area contributed by atoms with Crippen LogP contribution in [0.2, 0.25) is 0 Å². The van der Waals surface area contributed by atoms with Gasteiger partial charge in [0.05, 0.1) is 18.8 Å². The summed E-state index contributed by atoms with van der Waals surface area (Å²) in [5.74, 6) is 1.17. The molecule has 0 radical (unpaired) electrons. The van der Waals surface area contributed by atoms with Crippen LogP contribution in [0.1, 0.15) is 94.7 Å². The molecule has 3 amide bonds. The first-order valence-electron chi connectivity index (χ1n) is 18.6. The lowest BCUT2D eigenvalue weighted by Gasteiger charge is -2.40. The molecule has 2 fully saturated rings. The molecule has 1 aromatic carbocycles. The van der Waals surface area contributed by atoms with E-state index in [1.165, 1.54) is 0 Å². The quantitative estimate of drug-likeness (QED) is 0.294. The van der Waals surface area contributed by atoms with Crippen molar-refractivity contribution in [3.05, 3.63) is 46.9 Å². The highest BCUT2D eigenvalue weighted by Gasteiger charge is 2.37. The zero-order valence-electron chi connectivity index (χ0n) is 30.9. The minimum Gasteiger partial charge on any atom is -0.444 e. The first kappa shape index (κ1) is 35.9. The monoisotopic (exact) mass is 720 g/mol. The zero-order chi connectivity index (χ0) is 36.9. The Morgan fingerprint density at radius 1 is 1.00 bits per heavy atom. The predicted molar refractivity (Wildman–Crippen MR) is 191 cm³/mol. The minimum atomic E-state index is -2.67. The summed E-state index contributed by atoms with van der Waals surface area (Å²) in [6, 6.07) is 3.60. The van der Waals surface area contributed by atoms with Gasteiger partial charge in [0.15, 0.2) is 5.82 Å². The van der Waals surface area contributed by atoms with Crippen molar-refractivity contribution in [2.75, 3.05) is 44.2 Å². The number of rotatable bonds is 7. The van der Waals surface area contributed by atoms with Crippen molar-refractivity contribution in [2.45, 2.75) is 97.3 Å². The Morgan fingerprint density at radius 2 is 1.75 bits per heavy atom. The van der Waals surface area contributed by atoms with Gasteiger partial charge in [0.2, 0.25) is 11.8 Å². The molecule has 2 aromatic heterocycles. The third-order valence-electron chi connectivity index (χ3n) is 10.9. The molecule has 0 saturated carbocycles. The van der Waals surface area contributed by atoms with Crippen LogP contribution in [0.5, 0.6) is 0 Å². The summed E-state index contributed by atoms with van der Waals surface area (Å²) in [4.78, 5) is 45.6. The fourth-order valence-corrected chi connectivity index (χ4v) is 8.15. The van der Waals surface area contributed by atoms with Crippen LogP contribution in [-0.4, -0.2) is 97.0 Å². The van der Waals surface area contributed by atoms with Crippen LogP contribution in [0.3, 0.4) is 0 Å². The number of hydrogen-bond donors (Lipinski definition) is 0. The van der Waals surface area contributed by atoms with Crippen molar-refractivity contribution in [3.8, 4) is 11.1 Å². The minimum absolute atomic E-state index is 0.00392. The second kappa shape index (κ2) is 14.1. The molecule has 2 saturated heterocycles. The van der Waals surface area contributed by atoms with E-state index in [1.54, 1.807) is 42.0 Å². The van der Waals surface area contributed by atoms with E-state index in [9.17, 15) is 23.2 Å². The van der Waals surface area contributed by atoms with Crippen molar-refractivity contribution in [1.82, 2.24) is 34.3 Å². The second-order valence-corrected chi connectivity index (χ2v) is 15.8. The van der Waals surface area contributed by atoms with Gasteiger partial charge >= 0.3 is 6.09 Å². The summed E-state index contributed by atoms with van der Waals surface area (Å²) < 4.78 is 38.4. The molecule has 280 valence electrons. The Bertz CT molecular complexity index is 1830. The fraction of sp³-hybridized carbons (Fsp3) is 0.605. The molecule has 0 spiro atoms. The van der Waals surface area contributed by atoms with Gasteiger partial charge in [-0.25, -0.2) is 13.6 Å². The fourth-order valence-electron chi connectivity index (χ4n) is 8.15. The van der Waals surface area contributed by atoms with E-state index in [-0.39, 0.29) is 29.5 Å². The molecule has 7 rings (SSSR count). The number of carbonyl (C=O) groups is 3. The van der Waals surface area contributed by atoms with E-state index in [0.717, 1.165) is 60.4 Å². The van der Waals surface area contributed by atoms with E-state index in [4.69, 9.17) is 9.84 Å². The molecular weight excluding hydrogens is 670 g/mol. The number of nitrogens with zero attached hydrogens (tertiary/aromatic N) is 8. The van der Waals surface area contributed by atoms with E-state index in [2.05, 4.69) is 14.7 Å². The molecule has 0 N–H and O–H groups in total. The van der Waals surface area contributed by atoms with Crippen LogP contribution in [0.15, 0.2) is 24.5 Å². The van der Waals surface area contributed by atoms with E-state index in [1.807, 2.05) is 36.6 Å².